The van der Waals surface area contributed by atoms with Gasteiger partial charge in [0.2, 0.25) is 17.6 Å². The molecule has 5 atom stereocenters. The van der Waals surface area contributed by atoms with Gasteiger partial charge in [0.15, 0.2) is 0 Å². The molecule has 6 aromatic rings. The van der Waals surface area contributed by atoms with Crippen molar-refractivity contribution in [2.45, 2.75) is 108 Å². The summed E-state index contributed by atoms with van der Waals surface area (Å²) in [7, 11) is 3.91. The molecule has 2 N–H and O–H groups in total. The van der Waals surface area contributed by atoms with Gasteiger partial charge in [-0.05, 0) is 105 Å². The maximum Gasteiger partial charge on any atom is 0.245 e. The van der Waals surface area contributed by atoms with Crippen LogP contribution in [0.15, 0.2) is 164 Å². The number of ether oxygens (including phenoxy) is 6. The van der Waals surface area contributed by atoms with Gasteiger partial charge in [-0.15, -0.1) is 0 Å². The first kappa shape index (κ1) is 52.3. The second-order valence-electron chi connectivity index (χ2n) is 20.0. The van der Waals surface area contributed by atoms with Crippen LogP contribution in [-0.2, 0) is 83.1 Å². The van der Waals surface area contributed by atoms with Gasteiger partial charge in [0.1, 0.15) is 29.5 Å². The number of carbonyl (C=O) groups is 2. The van der Waals surface area contributed by atoms with Crippen LogP contribution in [0.1, 0.15) is 76.8 Å². The highest BCUT2D eigenvalue weighted by molar-refractivity contribution is 5.90. The Bertz CT molecular complexity index is 2630. The number of hydrogen-bond acceptors (Lipinski definition) is 9. The molecular formula is C61H71N3O8. The fourth-order valence-electron chi connectivity index (χ4n) is 9.49. The number of aryl methyl sites for hydroxylation is 2. The summed E-state index contributed by atoms with van der Waals surface area (Å²) in [5.74, 6) is -1.74. The molecule has 378 valence electrons. The van der Waals surface area contributed by atoms with Gasteiger partial charge in [0, 0.05) is 25.1 Å². The van der Waals surface area contributed by atoms with Gasteiger partial charge in [0.25, 0.3) is 0 Å². The normalized spacial score (nSPS) is 20.6. The monoisotopic (exact) mass is 974 g/mol. The van der Waals surface area contributed by atoms with E-state index in [4.69, 9.17) is 28.4 Å². The number of likely N-dealkylation sites (N-methyl/N-ethyl adjacent to an activating group) is 1. The molecule has 8 rings (SSSR count). The number of nitrogens with one attached hydrogen (secondary N) is 2. The van der Waals surface area contributed by atoms with Gasteiger partial charge < -0.3 is 44.0 Å². The first-order valence-electron chi connectivity index (χ1n) is 25.3. The van der Waals surface area contributed by atoms with Crippen LogP contribution >= 0.6 is 0 Å². The smallest absolute Gasteiger partial charge is 0.245 e. The van der Waals surface area contributed by atoms with E-state index in [0.717, 1.165) is 63.0 Å². The quantitative estimate of drug-likeness (QED) is 0.0579. The van der Waals surface area contributed by atoms with Crippen molar-refractivity contribution < 1.29 is 38.0 Å². The van der Waals surface area contributed by atoms with Crippen LogP contribution in [0.3, 0.4) is 0 Å². The summed E-state index contributed by atoms with van der Waals surface area (Å²) in [5.41, 5.74) is 7.38. The molecule has 0 saturated carbocycles. The van der Waals surface area contributed by atoms with E-state index in [1.807, 2.05) is 91.8 Å². The predicted octanol–water partition coefficient (Wildman–Crippen LogP) is 9.41. The molecule has 11 heteroatoms. The molecule has 6 aromatic carbocycles. The second-order valence-corrected chi connectivity index (χ2v) is 20.0. The summed E-state index contributed by atoms with van der Waals surface area (Å²) < 4.78 is 42.6. The molecule has 0 unspecified atom stereocenters. The Morgan fingerprint density at radius 1 is 0.667 bits per heavy atom. The average molecular weight is 974 g/mol. The molecule has 2 aliphatic heterocycles. The first-order valence-corrected chi connectivity index (χ1v) is 25.3. The van der Waals surface area contributed by atoms with Crippen molar-refractivity contribution in [2.75, 3.05) is 40.4 Å². The number of carbonyl (C=O) groups excluding carboxylic acids is 2. The van der Waals surface area contributed by atoms with Crippen molar-refractivity contribution in [1.82, 2.24) is 15.5 Å². The maximum absolute atomic E-state index is 12.9. The van der Waals surface area contributed by atoms with Crippen LogP contribution in [0.4, 0.5) is 0 Å². The number of hydrogen-bond donors (Lipinski definition) is 2. The Morgan fingerprint density at radius 3 is 1.79 bits per heavy atom. The summed E-state index contributed by atoms with van der Waals surface area (Å²) in [6, 6.07) is 55.6. The van der Waals surface area contributed by atoms with E-state index in [1.165, 1.54) is 0 Å². The summed E-state index contributed by atoms with van der Waals surface area (Å²) in [4.78, 5) is 27.7. The number of amides is 2. The fourth-order valence-corrected chi connectivity index (χ4v) is 9.49. The van der Waals surface area contributed by atoms with Crippen molar-refractivity contribution in [1.29, 1.82) is 0 Å². The van der Waals surface area contributed by atoms with Crippen LogP contribution in [0.25, 0.3) is 0 Å². The molecule has 0 spiro atoms. The minimum Gasteiger partial charge on any atom is -0.374 e. The minimum absolute atomic E-state index is 0.142. The van der Waals surface area contributed by atoms with Crippen LogP contribution < -0.4 is 10.6 Å². The van der Waals surface area contributed by atoms with E-state index >= 15 is 0 Å². The average Bonchev–Trinajstić information content (AvgIpc) is 3.74. The lowest BCUT2D eigenvalue weighted by molar-refractivity contribution is -0.354. The second kappa shape index (κ2) is 24.6. The lowest BCUT2D eigenvalue weighted by atomic mass is 9.82. The zero-order valence-electron chi connectivity index (χ0n) is 42.5. The van der Waals surface area contributed by atoms with Crippen LogP contribution in [-0.4, -0.2) is 86.6 Å². The molecule has 2 bridgehead atoms. The van der Waals surface area contributed by atoms with E-state index in [2.05, 4.69) is 109 Å². The topological polar surface area (TPSA) is 117 Å². The number of benzene rings is 6. The van der Waals surface area contributed by atoms with Crippen LogP contribution in [0.2, 0.25) is 0 Å². The Hall–Kier alpha value is -6.02. The van der Waals surface area contributed by atoms with E-state index in [9.17, 15) is 9.59 Å². The lowest BCUT2D eigenvalue weighted by Gasteiger charge is -2.51. The summed E-state index contributed by atoms with van der Waals surface area (Å²) >= 11 is 0. The van der Waals surface area contributed by atoms with Crippen molar-refractivity contribution in [3.8, 4) is 0 Å². The Morgan fingerprint density at radius 2 is 1.21 bits per heavy atom. The summed E-state index contributed by atoms with van der Waals surface area (Å²) in [6.45, 7) is 8.51. The van der Waals surface area contributed by atoms with Crippen molar-refractivity contribution in [3.05, 3.63) is 214 Å². The zero-order chi connectivity index (χ0) is 50.4. The van der Waals surface area contributed by atoms with E-state index < -0.39 is 35.2 Å². The molecule has 2 aliphatic rings. The highest BCUT2D eigenvalue weighted by Crippen LogP contribution is 2.53. The van der Waals surface area contributed by atoms with Crippen LogP contribution in [0, 0.1) is 6.92 Å². The summed E-state index contributed by atoms with van der Waals surface area (Å²) in [6.07, 6.45) is 0.279. The number of fused-ring (bicyclic) bond motifs is 2. The summed E-state index contributed by atoms with van der Waals surface area (Å²) in [5, 5.41) is 5.83. The Kier molecular flexibility index (Phi) is 17.9. The van der Waals surface area contributed by atoms with Crippen molar-refractivity contribution in [3.63, 3.8) is 0 Å². The van der Waals surface area contributed by atoms with Crippen molar-refractivity contribution in [2.24, 2.45) is 0 Å². The Labute approximate surface area is 426 Å². The number of rotatable bonds is 25. The fraction of sp³-hybridized carbons (Fsp3) is 0.377. The predicted molar refractivity (Wildman–Crippen MR) is 280 cm³/mol. The highest BCUT2D eigenvalue weighted by Gasteiger charge is 2.69. The minimum atomic E-state index is -1.40. The lowest BCUT2D eigenvalue weighted by Crippen LogP contribution is -2.67. The van der Waals surface area contributed by atoms with E-state index in [1.54, 1.807) is 13.8 Å². The zero-order valence-corrected chi connectivity index (χ0v) is 42.5. The van der Waals surface area contributed by atoms with E-state index in [0.29, 0.717) is 45.6 Å². The molecule has 0 radical (unpaired) electrons. The molecule has 11 nitrogen and oxygen atoms in total. The van der Waals surface area contributed by atoms with Crippen molar-refractivity contribution >= 4 is 11.8 Å². The third-order valence-electron chi connectivity index (χ3n) is 13.6. The number of nitrogens with zero attached hydrogens (tertiary/aromatic N) is 1. The molecule has 2 saturated heterocycles. The van der Waals surface area contributed by atoms with Gasteiger partial charge in [-0.3, -0.25) is 9.59 Å². The first-order chi connectivity index (χ1) is 34.9. The molecule has 0 aliphatic carbocycles. The SMILES string of the molecule is Cc1ccc([C@]23OC[C@](COCc4ccccc4)(O2)[C@@H](OCc2ccccc2)[C@H](OCc2ccccc2)[C@H]3OCc2ccccc2)cc1Cc1ccc(CCCC(=O)NC(C)(C)C(=O)NCCN(C)C)cc1. The van der Waals surface area contributed by atoms with Gasteiger partial charge in [-0.2, -0.15) is 0 Å². The van der Waals surface area contributed by atoms with Gasteiger partial charge >= 0.3 is 0 Å². The molecule has 2 heterocycles. The van der Waals surface area contributed by atoms with Gasteiger partial charge in [-0.25, -0.2) is 0 Å². The molecule has 72 heavy (non-hydrogen) atoms. The standard InChI is InChI=1S/C61H71N3O8/c1-45-29-34-53(38-52(45)37-47-32-30-46(31-33-47)27-18-28-54(65)63-59(2,3)58(66)62-35-36-64(4)5)61-57(70-42-51-25-16-9-17-26-51)55(68-40-49-21-12-7-13-22-49)56(69-41-50-23-14-8-15-24-50)60(72-61,44-71-61)43-67-39-48-19-10-6-11-20-48/h6-17,19-26,29-34,38,55-57H,18,27-28,35-37,39-44H2,1-5H3,(H,62,66)(H,63,65)/t55-,56-,57+,60-,61-/m0/s1. The third kappa shape index (κ3) is 13.5. The van der Waals surface area contributed by atoms with Crippen LogP contribution in [0.5, 0.6) is 0 Å². The van der Waals surface area contributed by atoms with Gasteiger partial charge in [-0.1, -0.05) is 158 Å². The Balaban J connectivity index is 1.05. The van der Waals surface area contributed by atoms with E-state index in [-0.39, 0.29) is 31.6 Å². The van der Waals surface area contributed by atoms with Gasteiger partial charge in [0.05, 0.1) is 39.6 Å². The molecule has 2 fully saturated rings. The largest absolute Gasteiger partial charge is 0.374 e. The third-order valence-corrected chi connectivity index (χ3v) is 13.6. The molecule has 2 amide bonds. The molecular weight excluding hydrogens is 903 g/mol. The highest BCUT2D eigenvalue weighted by atomic mass is 16.8. The maximum atomic E-state index is 12.9. The molecule has 0 aromatic heterocycles.